The Labute approximate surface area is 130 Å². The summed E-state index contributed by atoms with van der Waals surface area (Å²) in [4.78, 5) is 0. The van der Waals surface area contributed by atoms with Crippen molar-refractivity contribution in [3.05, 3.63) is 34.1 Å². The Hall–Kier alpha value is -0.410. The predicted molar refractivity (Wildman–Crippen MR) is 86.4 cm³/mol. The van der Waals surface area contributed by atoms with E-state index < -0.39 is 0 Å². The van der Waals surface area contributed by atoms with Crippen molar-refractivity contribution in [3.63, 3.8) is 0 Å². The first kappa shape index (κ1) is 16.0. The summed E-state index contributed by atoms with van der Waals surface area (Å²) in [6.45, 7) is 5.46. The molecule has 0 radical (unpaired) electrons. The molecule has 112 valence electrons. The molecular weight excluding hydrogens is 317 g/mol. The van der Waals surface area contributed by atoms with Crippen LogP contribution in [0.4, 0.5) is 4.39 Å². The van der Waals surface area contributed by atoms with Crippen molar-refractivity contribution < 1.29 is 4.39 Å². The first-order valence-corrected chi connectivity index (χ1v) is 8.60. The molecule has 0 spiro atoms. The minimum atomic E-state index is -0.180. The van der Waals surface area contributed by atoms with Crippen LogP contribution in [0.2, 0.25) is 0 Å². The average Bonchev–Trinajstić information content (AvgIpc) is 2.91. The summed E-state index contributed by atoms with van der Waals surface area (Å²) in [5.41, 5.74) is 1.21. The number of hydrogen-bond acceptors (Lipinski definition) is 1. The van der Waals surface area contributed by atoms with Gasteiger partial charge in [-0.2, -0.15) is 0 Å². The molecular formula is C17H25BrFN. The fourth-order valence-electron chi connectivity index (χ4n) is 3.44. The predicted octanol–water partition coefficient (Wildman–Crippen LogP) is 4.94. The lowest BCUT2D eigenvalue weighted by Gasteiger charge is -2.25. The summed E-state index contributed by atoms with van der Waals surface area (Å²) in [5.74, 6) is 1.49. The van der Waals surface area contributed by atoms with Gasteiger partial charge in [-0.3, -0.25) is 0 Å². The minimum Gasteiger partial charge on any atom is -0.314 e. The average molecular weight is 342 g/mol. The fraction of sp³-hybridized carbons (Fsp3) is 0.647. The lowest BCUT2D eigenvalue weighted by atomic mass is 9.91. The van der Waals surface area contributed by atoms with Gasteiger partial charge in [0.15, 0.2) is 0 Å². The second-order valence-electron chi connectivity index (χ2n) is 5.96. The van der Waals surface area contributed by atoms with Gasteiger partial charge in [-0.05, 0) is 71.3 Å². The maximum Gasteiger partial charge on any atom is 0.137 e. The zero-order valence-corrected chi connectivity index (χ0v) is 14.0. The molecule has 3 heteroatoms. The van der Waals surface area contributed by atoms with Gasteiger partial charge in [0, 0.05) is 6.04 Å². The Balaban J connectivity index is 2.03. The van der Waals surface area contributed by atoms with Crippen molar-refractivity contribution >= 4 is 15.9 Å². The van der Waals surface area contributed by atoms with Crippen LogP contribution in [0.1, 0.15) is 45.1 Å². The summed E-state index contributed by atoms with van der Waals surface area (Å²) >= 11 is 3.28. The molecule has 0 amide bonds. The molecule has 1 aliphatic rings. The lowest BCUT2D eigenvalue weighted by molar-refractivity contribution is 0.349. The first-order chi connectivity index (χ1) is 9.63. The molecule has 1 aromatic rings. The molecule has 1 nitrogen and oxygen atoms in total. The highest BCUT2D eigenvalue weighted by Gasteiger charge is 2.29. The molecule has 3 atom stereocenters. The van der Waals surface area contributed by atoms with Gasteiger partial charge < -0.3 is 5.32 Å². The van der Waals surface area contributed by atoms with Crippen LogP contribution < -0.4 is 5.32 Å². The lowest BCUT2D eigenvalue weighted by Crippen LogP contribution is -2.37. The first-order valence-electron chi connectivity index (χ1n) is 7.81. The molecule has 0 heterocycles. The standard InChI is InChI=1S/C17H25BrFN/c1-3-12-5-7-14(9-12)17(20-4-2)11-13-6-8-16(19)15(18)10-13/h6,8,10,12,14,17,20H,3-5,7,9,11H2,1-2H3. The normalized spacial score (nSPS) is 24.0. The summed E-state index contributed by atoms with van der Waals surface area (Å²) < 4.78 is 13.9. The smallest absolute Gasteiger partial charge is 0.137 e. The Morgan fingerprint density at radius 1 is 1.35 bits per heavy atom. The van der Waals surface area contributed by atoms with Gasteiger partial charge in [0.2, 0.25) is 0 Å². The summed E-state index contributed by atoms with van der Waals surface area (Å²) in [6.07, 6.45) is 6.34. The molecule has 0 aliphatic heterocycles. The molecule has 0 saturated heterocycles. The van der Waals surface area contributed by atoms with E-state index >= 15 is 0 Å². The third-order valence-electron chi connectivity index (χ3n) is 4.63. The molecule has 1 saturated carbocycles. The van der Waals surface area contributed by atoms with E-state index in [1.54, 1.807) is 6.07 Å². The zero-order valence-electron chi connectivity index (χ0n) is 12.5. The Morgan fingerprint density at radius 2 is 2.15 bits per heavy atom. The number of halogens is 2. The van der Waals surface area contributed by atoms with Gasteiger partial charge in [0.05, 0.1) is 4.47 Å². The van der Waals surface area contributed by atoms with E-state index in [0.29, 0.717) is 10.5 Å². The van der Waals surface area contributed by atoms with Crippen LogP contribution in [0.3, 0.4) is 0 Å². The van der Waals surface area contributed by atoms with Crippen LogP contribution in [0, 0.1) is 17.7 Å². The van der Waals surface area contributed by atoms with Gasteiger partial charge in [0.25, 0.3) is 0 Å². The van der Waals surface area contributed by atoms with E-state index in [2.05, 4.69) is 35.1 Å². The van der Waals surface area contributed by atoms with Crippen molar-refractivity contribution in [2.24, 2.45) is 11.8 Å². The van der Waals surface area contributed by atoms with Crippen LogP contribution in [0.5, 0.6) is 0 Å². The minimum absolute atomic E-state index is 0.180. The molecule has 3 unspecified atom stereocenters. The molecule has 20 heavy (non-hydrogen) atoms. The van der Waals surface area contributed by atoms with E-state index in [0.717, 1.165) is 24.8 Å². The quantitative estimate of drug-likeness (QED) is 0.772. The van der Waals surface area contributed by atoms with E-state index in [-0.39, 0.29) is 5.82 Å². The molecule has 1 N–H and O–H groups in total. The highest BCUT2D eigenvalue weighted by atomic mass is 79.9. The van der Waals surface area contributed by atoms with Gasteiger partial charge in [-0.15, -0.1) is 0 Å². The van der Waals surface area contributed by atoms with Crippen LogP contribution >= 0.6 is 15.9 Å². The van der Waals surface area contributed by atoms with Gasteiger partial charge in [-0.1, -0.05) is 32.8 Å². The van der Waals surface area contributed by atoms with E-state index in [1.165, 1.54) is 31.2 Å². The highest BCUT2D eigenvalue weighted by Crippen LogP contribution is 2.36. The maximum absolute atomic E-state index is 13.3. The third-order valence-corrected chi connectivity index (χ3v) is 5.24. The van der Waals surface area contributed by atoms with E-state index in [9.17, 15) is 4.39 Å². The zero-order chi connectivity index (χ0) is 14.5. The maximum atomic E-state index is 13.3. The SMILES string of the molecule is CCNC(Cc1ccc(F)c(Br)c1)C1CCC(CC)C1. The molecule has 1 fully saturated rings. The third kappa shape index (κ3) is 4.05. The topological polar surface area (TPSA) is 12.0 Å². The molecule has 2 rings (SSSR count). The van der Waals surface area contributed by atoms with Crippen molar-refractivity contribution in [2.45, 2.75) is 52.0 Å². The second-order valence-corrected chi connectivity index (χ2v) is 6.82. The van der Waals surface area contributed by atoms with Crippen LogP contribution in [-0.4, -0.2) is 12.6 Å². The number of hydrogen-bond donors (Lipinski definition) is 1. The largest absolute Gasteiger partial charge is 0.314 e. The molecule has 0 bridgehead atoms. The Morgan fingerprint density at radius 3 is 2.75 bits per heavy atom. The van der Waals surface area contributed by atoms with Crippen molar-refractivity contribution in [1.29, 1.82) is 0 Å². The van der Waals surface area contributed by atoms with Crippen molar-refractivity contribution in [2.75, 3.05) is 6.54 Å². The number of likely N-dealkylation sites (N-methyl/N-ethyl adjacent to an activating group) is 1. The van der Waals surface area contributed by atoms with Gasteiger partial charge in [-0.25, -0.2) is 4.39 Å². The van der Waals surface area contributed by atoms with E-state index in [4.69, 9.17) is 0 Å². The number of nitrogens with one attached hydrogen (secondary N) is 1. The van der Waals surface area contributed by atoms with Crippen LogP contribution in [-0.2, 0) is 6.42 Å². The summed E-state index contributed by atoms with van der Waals surface area (Å²) in [5, 5.41) is 3.64. The highest BCUT2D eigenvalue weighted by molar-refractivity contribution is 9.10. The van der Waals surface area contributed by atoms with Gasteiger partial charge in [0.1, 0.15) is 5.82 Å². The number of benzene rings is 1. The number of rotatable bonds is 6. The van der Waals surface area contributed by atoms with Crippen LogP contribution in [0.25, 0.3) is 0 Å². The second kappa shape index (κ2) is 7.56. The van der Waals surface area contributed by atoms with Gasteiger partial charge >= 0.3 is 0 Å². The van der Waals surface area contributed by atoms with Crippen LogP contribution in [0.15, 0.2) is 22.7 Å². The van der Waals surface area contributed by atoms with Crippen molar-refractivity contribution in [3.8, 4) is 0 Å². The summed E-state index contributed by atoms with van der Waals surface area (Å²) in [7, 11) is 0. The van der Waals surface area contributed by atoms with Crippen molar-refractivity contribution in [1.82, 2.24) is 5.32 Å². The Kier molecular flexibility index (Phi) is 6.03. The molecule has 1 aromatic carbocycles. The molecule has 0 aromatic heterocycles. The Bertz CT molecular complexity index is 435. The molecule has 1 aliphatic carbocycles. The summed E-state index contributed by atoms with van der Waals surface area (Å²) in [6, 6.07) is 5.92. The monoisotopic (exact) mass is 341 g/mol. The fourth-order valence-corrected chi connectivity index (χ4v) is 3.86. The van der Waals surface area contributed by atoms with E-state index in [1.807, 2.05) is 12.1 Å².